The second-order valence-electron chi connectivity index (χ2n) is 4.26. The summed E-state index contributed by atoms with van der Waals surface area (Å²) in [6, 6.07) is 0. The van der Waals surface area contributed by atoms with Gasteiger partial charge in [0.25, 0.3) is 6.43 Å². The third-order valence-electron chi connectivity index (χ3n) is 3.35. The first-order valence-corrected chi connectivity index (χ1v) is 4.55. The smallest absolute Gasteiger partial charge is 0.256 e. The molecule has 13 heavy (non-hydrogen) atoms. The van der Waals surface area contributed by atoms with Crippen molar-refractivity contribution in [3.05, 3.63) is 0 Å². The summed E-state index contributed by atoms with van der Waals surface area (Å²) in [6.07, 6.45) is -1.25. The highest BCUT2D eigenvalue weighted by Crippen LogP contribution is 2.41. The Bertz CT molecular complexity index is 176. The number of rotatable bonds is 2. The topological polar surface area (TPSA) is 35.2 Å². The molecule has 0 aromatic rings. The Balaban J connectivity index is 2.76. The van der Waals surface area contributed by atoms with E-state index in [1.807, 2.05) is 6.92 Å². The van der Waals surface area contributed by atoms with Crippen LogP contribution in [0, 0.1) is 5.41 Å². The number of hydrogen-bond donors (Lipinski definition) is 1. The van der Waals surface area contributed by atoms with Crippen LogP contribution in [0.15, 0.2) is 0 Å². The zero-order chi connectivity index (χ0) is 10.1. The average molecular weight is 193 g/mol. The molecule has 0 bridgehead atoms. The van der Waals surface area contributed by atoms with Gasteiger partial charge in [0, 0.05) is 13.2 Å². The van der Waals surface area contributed by atoms with Crippen LogP contribution in [-0.2, 0) is 4.74 Å². The average Bonchev–Trinajstić information content (AvgIpc) is 2.05. The first-order valence-electron chi connectivity index (χ1n) is 4.55. The van der Waals surface area contributed by atoms with E-state index in [2.05, 4.69) is 0 Å². The minimum atomic E-state index is -2.48. The van der Waals surface area contributed by atoms with Gasteiger partial charge in [0.1, 0.15) is 0 Å². The van der Waals surface area contributed by atoms with Gasteiger partial charge in [0.05, 0.1) is 5.54 Å². The van der Waals surface area contributed by atoms with E-state index in [-0.39, 0.29) is 0 Å². The van der Waals surface area contributed by atoms with Gasteiger partial charge in [0.2, 0.25) is 0 Å². The highest BCUT2D eigenvalue weighted by Gasteiger charge is 2.48. The van der Waals surface area contributed by atoms with Crippen molar-refractivity contribution in [2.75, 3.05) is 13.2 Å². The second kappa shape index (κ2) is 3.50. The van der Waals surface area contributed by atoms with E-state index >= 15 is 0 Å². The molecule has 1 unspecified atom stereocenters. The highest BCUT2D eigenvalue weighted by molar-refractivity contribution is 4.99. The largest absolute Gasteiger partial charge is 0.381 e. The van der Waals surface area contributed by atoms with Gasteiger partial charge in [-0.15, -0.1) is 0 Å². The molecule has 0 saturated carbocycles. The maximum atomic E-state index is 12.7. The van der Waals surface area contributed by atoms with Crippen LogP contribution in [0.2, 0.25) is 0 Å². The number of nitrogens with two attached hydrogens (primary N) is 1. The van der Waals surface area contributed by atoms with Crippen LogP contribution < -0.4 is 5.73 Å². The Morgan fingerprint density at radius 2 is 1.85 bits per heavy atom. The molecule has 0 spiro atoms. The Morgan fingerprint density at radius 3 is 2.23 bits per heavy atom. The van der Waals surface area contributed by atoms with Crippen LogP contribution in [0.25, 0.3) is 0 Å². The van der Waals surface area contributed by atoms with Crippen LogP contribution in [0.4, 0.5) is 8.78 Å². The van der Waals surface area contributed by atoms with Gasteiger partial charge < -0.3 is 10.5 Å². The molecule has 1 aliphatic heterocycles. The van der Waals surface area contributed by atoms with Gasteiger partial charge in [-0.1, -0.05) is 6.92 Å². The monoisotopic (exact) mass is 193 g/mol. The van der Waals surface area contributed by atoms with Gasteiger partial charge in [0.15, 0.2) is 0 Å². The lowest BCUT2D eigenvalue weighted by atomic mass is 9.67. The summed E-state index contributed by atoms with van der Waals surface area (Å²) in [4.78, 5) is 0. The van der Waals surface area contributed by atoms with E-state index < -0.39 is 17.4 Å². The number of ether oxygens (including phenoxy) is 1. The van der Waals surface area contributed by atoms with Crippen molar-refractivity contribution in [3.8, 4) is 0 Å². The zero-order valence-corrected chi connectivity index (χ0v) is 8.15. The first kappa shape index (κ1) is 10.9. The standard InChI is InChI=1S/C9H17F2NO/c1-8(3-5-13-6-4-8)9(2,12)7(10)11/h7H,3-6,12H2,1-2H3. The van der Waals surface area contributed by atoms with Crippen LogP contribution in [0.1, 0.15) is 26.7 Å². The summed E-state index contributed by atoms with van der Waals surface area (Å²) >= 11 is 0. The molecule has 0 aromatic heterocycles. The van der Waals surface area contributed by atoms with Gasteiger partial charge in [-0.3, -0.25) is 0 Å². The summed E-state index contributed by atoms with van der Waals surface area (Å²) in [7, 11) is 0. The van der Waals surface area contributed by atoms with Crippen LogP contribution in [0.3, 0.4) is 0 Å². The lowest BCUT2D eigenvalue weighted by Gasteiger charge is -2.45. The van der Waals surface area contributed by atoms with Crippen molar-refractivity contribution in [2.45, 2.75) is 38.7 Å². The normalized spacial score (nSPS) is 27.2. The molecule has 0 radical (unpaired) electrons. The minimum absolute atomic E-state index is 0.501. The van der Waals surface area contributed by atoms with E-state index in [1.165, 1.54) is 6.92 Å². The minimum Gasteiger partial charge on any atom is -0.381 e. The maximum absolute atomic E-state index is 12.7. The van der Waals surface area contributed by atoms with Crippen molar-refractivity contribution in [1.82, 2.24) is 0 Å². The quantitative estimate of drug-likeness (QED) is 0.725. The maximum Gasteiger partial charge on any atom is 0.256 e. The van der Waals surface area contributed by atoms with E-state index in [4.69, 9.17) is 10.5 Å². The molecular formula is C9H17F2NO. The molecular weight excluding hydrogens is 176 g/mol. The molecule has 1 heterocycles. The van der Waals surface area contributed by atoms with Gasteiger partial charge >= 0.3 is 0 Å². The van der Waals surface area contributed by atoms with Crippen molar-refractivity contribution in [1.29, 1.82) is 0 Å². The number of hydrogen-bond acceptors (Lipinski definition) is 2. The van der Waals surface area contributed by atoms with Crippen molar-refractivity contribution in [2.24, 2.45) is 11.1 Å². The molecule has 2 N–H and O–H groups in total. The number of halogens is 2. The summed E-state index contributed by atoms with van der Waals surface area (Å²) in [6.45, 7) is 4.33. The van der Waals surface area contributed by atoms with E-state index in [0.29, 0.717) is 26.1 Å². The predicted octanol–water partition coefficient (Wildman–Crippen LogP) is 1.79. The lowest BCUT2D eigenvalue weighted by molar-refractivity contribution is -0.0720. The summed E-state index contributed by atoms with van der Waals surface area (Å²) in [5.41, 5.74) is 3.76. The molecule has 2 nitrogen and oxygen atoms in total. The van der Waals surface area contributed by atoms with E-state index in [1.54, 1.807) is 0 Å². The Labute approximate surface area is 77.4 Å². The first-order chi connectivity index (χ1) is 5.90. The highest BCUT2D eigenvalue weighted by atomic mass is 19.3. The summed E-state index contributed by atoms with van der Waals surface area (Å²) < 4.78 is 30.5. The second-order valence-corrected chi connectivity index (χ2v) is 4.26. The van der Waals surface area contributed by atoms with Gasteiger partial charge in [-0.05, 0) is 25.2 Å². The van der Waals surface area contributed by atoms with Crippen LogP contribution in [-0.4, -0.2) is 25.2 Å². The molecule has 0 aromatic carbocycles. The van der Waals surface area contributed by atoms with Crippen LogP contribution in [0.5, 0.6) is 0 Å². The molecule has 1 fully saturated rings. The molecule has 1 atom stereocenters. The predicted molar refractivity (Wildman–Crippen MR) is 46.8 cm³/mol. The molecule has 1 saturated heterocycles. The molecule has 0 amide bonds. The molecule has 4 heteroatoms. The lowest BCUT2D eigenvalue weighted by Crippen LogP contribution is -2.58. The SMILES string of the molecule is CC1(C(C)(N)C(F)F)CCOCC1. The zero-order valence-electron chi connectivity index (χ0n) is 8.15. The third-order valence-corrected chi connectivity index (χ3v) is 3.35. The van der Waals surface area contributed by atoms with Crippen molar-refractivity contribution < 1.29 is 13.5 Å². The fourth-order valence-corrected chi connectivity index (χ4v) is 1.62. The third kappa shape index (κ3) is 1.83. The Morgan fingerprint density at radius 1 is 1.38 bits per heavy atom. The van der Waals surface area contributed by atoms with Crippen LogP contribution >= 0.6 is 0 Å². The van der Waals surface area contributed by atoms with Gasteiger partial charge in [-0.2, -0.15) is 0 Å². The fraction of sp³-hybridized carbons (Fsp3) is 1.00. The molecule has 78 valence electrons. The van der Waals surface area contributed by atoms with E-state index in [0.717, 1.165) is 0 Å². The summed E-state index contributed by atoms with van der Waals surface area (Å²) in [5, 5.41) is 0. The van der Waals surface area contributed by atoms with Gasteiger partial charge in [-0.25, -0.2) is 8.78 Å². The molecule has 1 aliphatic rings. The summed E-state index contributed by atoms with van der Waals surface area (Å²) in [5.74, 6) is 0. The van der Waals surface area contributed by atoms with Crippen molar-refractivity contribution >= 4 is 0 Å². The van der Waals surface area contributed by atoms with Crippen molar-refractivity contribution in [3.63, 3.8) is 0 Å². The molecule has 1 rings (SSSR count). The Hall–Kier alpha value is -0.220. The fourth-order valence-electron chi connectivity index (χ4n) is 1.62. The molecule has 0 aliphatic carbocycles. The Kier molecular flexibility index (Phi) is 2.92. The number of alkyl halides is 2. The van der Waals surface area contributed by atoms with E-state index in [9.17, 15) is 8.78 Å².